The summed E-state index contributed by atoms with van der Waals surface area (Å²) in [5.41, 5.74) is 0. The van der Waals surface area contributed by atoms with Crippen molar-refractivity contribution in [3.8, 4) is 0 Å². The molecule has 0 spiro atoms. The lowest BCUT2D eigenvalue weighted by molar-refractivity contribution is -0.160. The molecular formula is C21H26O4. The highest BCUT2D eigenvalue weighted by Crippen LogP contribution is 2.49. The molecule has 25 heavy (non-hydrogen) atoms. The topological polar surface area (TPSA) is 52.6 Å². The van der Waals surface area contributed by atoms with Crippen LogP contribution in [0.1, 0.15) is 19.3 Å². The van der Waals surface area contributed by atoms with Crippen LogP contribution in [-0.4, -0.2) is 25.2 Å². The van der Waals surface area contributed by atoms with E-state index in [1.807, 2.05) is 24.3 Å². The Balaban J connectivity index is 1.90. The molecule has 1 fully saturated rings. The first-order chi connectivity index (χ1) is 12.2. The summed E-state index contributed by atoms with van der Waals surface area (Å²) in [7, 11) is 0. The highest BCUT2D eigenvalue weighted by atomic mass is 16.5. The van der Waals surface area contributed by atoms with Crippen molar-refractivity contribution in [3.63, 3.8) is 0 Å². The largest absolute Gasteiger partial charge is 0.461 e. The lowest BCUT2D eigenvalue weighted by Gasteiger charge is -2.24. The van der Waals surface area contributed by atoms with Gasteiger partial charge in [-0.2, -0.15) is 0 Å². The number of rotatable bonds is 10. The molecule has 0 amide bonds. The molecule has 0 aromatic heterocycles. The summed E-state index contributed by atoms with van der Waals surface area (Å²) in [4.78, 5) is 24.9. The van der Waals surface area contributed by atoms with Crippen molar-refractivity contribution in [1.82, 2.24) is 0 Å². The summed E-state index contributed by atoms with van der Waals surface area (Å²) < 4.78 is 10.7. The number of carbonyl (C=O) groups excluding carboxylic acids is 2. The van der Waals surface area contributed by atoms with Crippen molar-refractivity contribution in [2.45, 2.75) is 19.3 Å². The quantitative estimate of drug-likeness (QED) is 0.448. The molecule has 134 valence electrons. The fourth-order valence-corrected chi connectivity index (χ4v) is 3.44. The van der Waals surface area contributed by atoms with Crippen molar-refractivity contribution >= 4 is 11.9 Å². The van der Waals surface area contributed by atoms with Crippen molar-refractivity contribution in [2.24, 2.45) is 23.7 Å². The van der Waals surface area contributed by atoms with E-state index in [-0.39, 0.29) is 37.0 Å². The number of esters is 2. The van der Waals surface area contributed by atoms with Gasteiger partial charge in [0.05, 0.1) is 11.8 Å². The standard InChI is InChI=1S/C21H26O4/c1-3-5-7-9-13-24-20(22)18-16-11-12-17(15-16)19(18)21(23)25-14-10-8-6-4-2/h3-4,7-12,16-19H,1-2,5-6,13-15H2/b9-7+,10-8+. The Morgan fingerprint density at radius 1 is 0.840 bits per heavy atom. The Morgan fingerprint density at radius 3 is 1.68 bits per heavy atom. The fourth-order valence-electron chi connectivity index (χ4n) is 3.44. The molecular weight excluding hydrogens is 316 g/mol. The molecule has 4 nitrogen and oxygen atoms in total. The molecule has 1 saturated carbocycles. The number of fused-ring (bicyclic) bond motifs is 2. The maximum atomic E-state index is 12.5. The van der Waals surface area contributed by atoms with Crippen LogP contribution in [0.3, 0.4) is 0 Å². The number of carbonyl (C=O) groups is 2. The summed E-state index contributed by atoms with van der Waals surface area (Å²) in [6.45, 7) is 7.69. The average molecular weight is 342 g/mol. The summed E-state index contributed by atoms with van der Waals surface area (Å²) in [6, 6.07) is 0. The minimum atomic E-state index is -0.438. The predicted molar refractivity (Wildman–Crippen MR) is 97.5 cm³/mol. The second kappa shape index (κ2) is 9.82. The van der Waals surface area contributed by atoms with Gasteiger partial charge in [0, 0.05) is 0 Å². The molecule has 0 saturated heterocycles. The normalized spacial score (nSPS) is 27.0. The van der Waals surface area contributed by atoms with E-state index < -0.39 is 11.8 Å². The van der Waals surface area contributed by atoms with E-state index in [4.69, 9.17) is 9.47 Å². The van der Waals surface area contributed by atoms with Gasteiger partial charge in [-0.25, -0.2) is 0 Å². The molecule has 2 aliphatic carbocycles. The number of ether oxygens (including phenoxy) is 2. The molecule has 4 atom stereocenters. The first kappa shape index (κ1) is 19.0. The van der Waals surface area contributed by atoms with Crippen LogP contribution in [0.25, 0.3) is 0 Å². The van der Waals surface area contributed by atoms with E-state index in [2.05, 4.69) is 13.2 Å². The second-order valence-corrected chi connectivity index (χ2v) is 6.25. The molecule has 4 heteroatoms. The van der Waals surface area contributed by atoms with Gasteiger partial charge in [0.15, 0.2) is 0 Å². The van der Waals surface area contributed by atoms with Crippen LogP contribution in [0.2, 0.25) is 0 Å². The number of hydrogen-bond donors (Lipinski definition) is 0. The smallest absolute Gasteiger partial charge is 0.310 e. The summed E-state index contributed by atoms with van der Waals surface area (Å²) in [6.07, 6.45) is 17.3. The Kier molecular flexibility index (Phi) is 7.45. The zero-order valence-corrected chi connectivity index (χ0v) is 14.5. The summed E-state index contributed by atoms with van der Waals surface area (Å²) in [5.74, 6) is -1.36. The minimum absolute atomic E-state index is 0.0727. The van der Waals surface area contributed by atoms with Crippen LogP contribution in [0.4, 0.5) is 0 Å². The molecule has 0 aliphatic heterocycles. The molecule has 0 radical (unpaired) electrons. The third kappa shape index (κ3) is 5.05. The van der Waals surface area contributed by atoms with Gasteiger partial charge in [-0.3, -0.25) is 9.59 Å². The van der Waals surface area contributed by atoms with E-state index in [0.29, 0.717) is 0 Å². The third-order valence-corrected chi connectivity index (χ3v) is 4.59. The first-order valence-corrected chi connectivity index (χ1v) is 8.72. The van der Waals surface area contributed by atoms with Crippen molar-refractivity contribution in [3.05, 3.63) is 61.8 Å². The lowest BCUT2D eigenvalue weighted by Crippen LogP contribution is -2.35. The first-order valence-electron chi connectivity index (χ1n) is 8.72. The van der Waals surface area contributed by atoms with E-state index >= 15 is 0 Å². The highest BCUT2D eigenvalue weighted by molar-refractivity contribution is 5.84. The molecule has 0 N–H and O–H groups in total. The van der Waals surface area contributed by atoms with Crippen molar-refractivity contribution in [2.75, 3.05) is 13.2 Å². The Hall–Kier alpha value is -2.36. The molecule has 2 bridgehead atoms. The maximum Gasteiger partial charge on any atom is 0.310 e. The third-order valence-electron chi connectivity index (χ3n) is 4.59. The van der Waals surface area contributed by atoms with Gasteiger partial charge in [-0.05, 0) is 31.1 Å². The van der Waals surface area contributed by atoms with Crippen LogP contribution in [-0.2, 0) is 19.1 Å². The molecule has 2 rings (SSSR count). The van der Waals surface area contributed by atoms with Crippen LogP contribution in [0, 0.1) is 23.7 Å². The monoisotopic (exact) mass is 342 g/mol. The maximum absolute atomic E-state index is 12.5. The minimum Gasteiger partial charge on any atom is -0.461 e. The van der Waals surface area contributed by atoms with E-state index in [9.17, 15) is 9.59 Å². The van der Waals surface area contributed by atoms with Gasteiger partial charge in [0.2, 0.25) is 0 Å². The fraction of sp³-hybridized carbons (Fsp3) is 0.429. The van der Waals surface area contributed by atoms with Crippen LogP contribution in [0.15, 0.2) is 61.8 Å². The van der Waals surface area contributed by atoms with Gasteiger partial charge in [-0.15, -0.1) is 13.2 Å². The number of hydrogen-bond acceptors (Lipinski definition) is 4. The predicted octanol–water partition coefficient (Wildman–Crippen LogP) is 3.78. The summed E-state index contributed by atoms with van der Waals surface area (Å²) >= 11 is 0. The molecule has 0 aromatic rings. The number of allylic oxidation sites excluding steroid dienone is 6. The average Bonchev–Trinajstić information content (AvgIpc) is 3.22. The Labute approximate surface area is 149 Å². The molecule has 0 heterocycles. The van der Waals surface area contributed by atoms with E-state index in [0.717, 1.165) is 19.3 Å². The zero-order chi connectivity index (χ0) is 18.1. The SMILES string of the molecule is C=CC/C=C/COC(=O)C1C2C=CC(C2)C1C(=O)OC/C=C/CC=C. The highest BCUT2D eigenvalue weighted by Gasteiger charge is 2.52. The van der Waals surface area contributed by atoms with Gasteiger partial charge < -0.3 is 9.47 Å². The zero-order valence-electron chi connectivity index (χ0n) is 14.5. The lowest BCUT2D eigenvalue weighted by atomic mass is 9.83. The second-order valence-electron chi connectivity index (χ2n) is 6.25. The van der Waals surface area contributed by atoms with Gasteiger partial charge in [0.1, 0.15) is 13.2 Å². The van der Waals surface area contributed by atoms with Crippen molar-refractivity contribution < 1.29 is 19.1 Å². The Bertz CT molecular complexity index is 535. The molecule has 2 aliphatic rings. The van der Waals surface area contributed by atoms with E-state index in [1.165, 1.54) is 0 Å². The molecule has 0 aromatic carbocycles. The van der Waals surface area contributed by atoms with Crippen LogP contribution in [0.5, 0.6) is 0 Å². The Morgan fingerprint density at radius 2 is 1.28 bits per heavy atom. The molecule has 4 unspecified atom stereocenters. The van der Waals surface area contributed by atoms with Crippen LogP contribution < -0.4 is 0 Å². The van der Waals surface area contributed by atoms with Gasteiger partial charge in [-0.1, -0.05) is 48.6 Å². The summed E-state index contributed by atoms with van der Waals surface area (Å²) in [5, 5.41) is 0. The van der Waals surface area contributed by atoms with Crippen molar-refractivity contribution in [1.29, 1.82) is 0 Å². The van der Waals surface area contributed by atoms with Crippen LogP contribution >= 0.6 is 0 Å². The van der Waals surface area contributed by atoms with Gasteiger partial charge in [0.25, 0.3) is 0 Å². The van der Waals surface area contributed by atoms with Gasteiger partial charge >= 0.3 is 11.9 Å². The van der Waals surface area contributed by atoms with E-state index in [1.54, 1.807) is 24.3 Å².